The number of carbonyl (C=O) groups is 3. The lowest BCUT2D eigenvalue weighted by atomic mass is 10.0. The van der Waals surface area contributed by atoms with Gasteiger partial charge in [0.25, 0.3) is 17.5 Å². The summed E-state index contributed by atoms with van der Waals surface area (Å²) in [6.45, 7) is 5.18. The summed E-state index contributed by atoms with van der Waals surface area (Å²) in [5, 5.41) is 16.7. The van der Waals surface area contributed by atoms with E-state index in [1.807, 2.05) is 0 Å². The molecule has 36 heavy (non-hydrogen) atoms. The van der Waals surface area contributed by atoms with E-state index in [2.05, 4.69) is 10.6 Å². The predicted molar refractivity (Wildman–Crippen MR) is 134 cm³/mol. The second kappa shape index (κ2) is 11.7. The Kier molecular flexibility index (Phi) is 8.51. The van der Waals surface area contributed by atoms with Gasteiger partial charge >= 0.3 is 5.97 Å². The van der Waals surface area contributed by atoms with Gasteiger partial charge in [0.15, 0.2) is 0 Å². The van der Waals surface area contributed by atoms with E-state index < -0.39 is 34.9 Å². The summed E-state index contributed by atoms with van der Waals surface area (Å²) in [7, 11) is 0. The van der Waals surface area contributed by atoms with E-state index in [4.69, 9.17) is 4.74 Å². The zero-order valence-corrected chi connectivity index (χ0v) is 20.1. The smallest absolute Gasteiger partial charge is 0.330 e. The fourth-order valence-electron chi connectivity index (χ4n) is 3.50. The molecule has 0 saturated heterocycles. The van der Waals surface area contributed by atoms with Crippen LogP contribution >= 0.6 is 0 Å². The van der Waals surface area contributed by atoms with Crippen molar-refractivity contribution >= 4 is 29.2 Å². The average molecular weight is 490 g/mol. The minimum atomic E-state index is -1.41. The third kappa shape index (κ3) is 6.53. The minimum Gasteiger partial charge on any atom is -0.446 e. The molecule has 3 aromatic rings. The van der Waals surface area contributed by atoms with Crippen LogP contribution in [0.2, 0.25) is 0 Å². The Morgan fingerprint density at radius 1 is 0.917 bits per heavy atom. The number of esters is 1. The van der Waals surface area contributed by atoms with Gasteiger partial charge in [0, 0.05) is 17.2 Å². The van der Waals surface area contributed by atoms with Gasteiger partial charge in [-0.15, -0.1) is 0 Å². The Labute approximate surface area is 208 Å². The first-order valence-corrected chi connectivity index (χ1v) is 11.3. The van der Waals surface area contributed by atoms with Gasteiger partial charge in [0.1, 0.15) is 11.7 Å². The third-order valence-corrected chi connectivity index (χ3v) is 5.43. The Bertz CT molecular complexity index is 1240. The summed E-state index contributed by atoms with van der Waals surface area (Å²) in [6.07, 6.45) is -1.41. The molecule has 0 radical (unpaired) electrons. The van der Waals surface area contributed by atoms with E-state index in [9.17, 15) is 24.5 Å². The number of nitro groups is 1. The maximum atomic E-state index is 13.2. The van der Waals surface area contributed by atoms with Gasteiger partial charge in [0.2, 0.25) is 6.10 Å². The summed E-state index contributed by atoms with van der Waals surface area (Å²) in [6, 6.07) is 20.1. The molecule has 0 fully saturated rings. The molecule has 0 aliphatic heterocycles. The van der Waals surface area contributed by atoms with E-state index >= 15 is 0 Å². The standard InChI is InChI=1S/C27H27N3O6/c1-17(2)23(29-25(31)20-12-8-5-9-13-20)27(33)36-24(19-10-6-4-7-11-19)26(32)28-21-15-14-18(3)16-22(21)30(34)35/h4-17,23-24H,1-3H3,(H,28,32)(H,29,31). The molecule has 186 valence electrons. The van der Waals surface area contributed by atoms with Crippen molar-refractivity contribution in [1.82, 2.24) is 5.32 Å². The monoisotopic (exact) mass is 489 g/mol. The number of hydrogen-bond acceptors (Lipinski definition) is 6. The highest BCUT2D eigenvalue weighted by Crippen LogP contribution is 2.28. The molecule has 0 saturated carbocycles. The first kappa shape index (κ1) is 26.1. The molecule has 0 spiro atoms. The van der Waals surface area contributed by atoms with Gasteiger partial charge in [-0.1, -0.05) is 68.4 Å². The van der Waals surface area contributed by atoms with Crippen molar-refractivity contribution in [2.45, 2.75) is 32.9 Å². The summed E-state index contributed by atoms with van der Waals surface area (Å²) in [4.78, 5) is 50.0. The van der Waals surface area contributed by atoms with Crippen LogP contribution in [-0.4, -0.2) is 28.7 Å². The van der Waals surface area contributed by atoms with Crippen molar-refractivity contribution in [2.75, 3.05) is 5.32 Å². The van der Waals surface area contributed by atoms with E-state index in [0.29, 0.717) is 16.7 Å². The Hall–Kier alpha value is -4.53. The lowest BCUT2D eigenvalue weighted by Gasteiger charge is -2.24. The van der Waals surface area contributed by atoms with Crippen molar-refractivity contribution in [3.63, 3.8) is 0 Å². The number of anilines is 1. The lowest BCUT2D eigenvalue weighted by Crippen LogP contribution is -2.46. The van der Waals surface area contributed by atoms with Crippen LogP contribution in [0.15, 0.2) is 78.9 Å². The predicted octanol–water partition coefficient (Wildman–Crippen LogP) is 4.58. The van der Waals surface area contributed by atoms with Crippen molar-refractivity contribution < 1.29 is 24.0 Å². The molecule has 0 aliphatic carbocycles. The second-order valence-corrected chi connectivity index (χ2v) is 8.56. The maximum absolute atomic E-state index is 13.2. The SMILES string of the molecule is Cc1ccc(NC(=O)C(OC(=O)C(NC(=O)c2ccccc2)C(C)C)c2ccccc2)c([N+](=O)[O-])c1. The van der Waals surface area contributed by atoms with Crippen LogP contribution in [-0.2, 0) is 14.3 Å². The summed E-state index contributed by atoms with van der Waals surface area (Å²) in [5.74, 6) is -2.37. The summed E-state index contributed by atoms with van der Waals surface area (Å²) < 4.78 is 5.62. The number of aryl methyl sites for hydroxylation is 1. The van der Waals surface area contributed by atoms with Gasteiger partial charge in [0.05, 0.1) is 4.92 Å². The first-order chi connectivity index (χ1) is 17.2. The van der Waals surface area contributed by atoms with E-state index in [1.54, 1.807) is 87.5 Å². The van der Waals surface area contributed by atoms with Crippen LogP contribution in [0.5, 0.6) is 0 Å². The molecule has 0 aromatic heterocycles. The number of nitrogens with one attached hydrogen (secondary N) is 2. The van der Waals surface area contributed by atoms with Crippen molar-refractivity contribution in [2.24, 2.45) is 5.92 Å². The van der Waals surface area contributed by atoms with Gasteiger partial charge in [-0.2, -0.15) is 0 Å². The molecule has 0 bridgehead atoms. The highest BCUT2D eigenvalue weighted by Gasteiger charge is 2.33. The van der Waals surface area contributed by atoms with E-state index in [-0.39, 0.29) is 17.3 Å². The molecule has 0 heterocycles. The first-order valence-electron chi connectivity index (χ1n) is 11.3. The fraction of sp³-hybridized carbons (Fsp3) is 0.222. The number of rotatable bonds is 9. The van der Waals surface area contributed by atoms with Crippen molar-refractivity contribution in [3.8, 4) is 0 Å². The molecule has 2 unspecified atom stereocenters. The zero-order valence-electron chi connectivity index (χ0n) is 20.1. The van der Waals surface area contributed by atoms with E-state index in [1.165, 1.54) is 12.1 Å². The molecule has 9 heteroatoms. The molecular formula is C27H27N3O6. The van der Waals surface area contributed by atoms with Crippen molar-refractivity contribution in [1.29, 1.82) is 0 Å². The average Bonchev–Trinajstić information content (AvgIpc) is 2.87. The van der Waals surface area contributed by atoms with Crippen LogP contribution in [0.3, 0.4) is 0 Å². The number of carbonyl (C=O) groups excluding carboxylic acids is 3. The Morgan fingerprint density at radius 2 is 1.53 bits per heavy atom. The van der Waals surface area contributed by atoms with Crippen molar-refractivity contribution in [3.05, 3.63) is 106 Å². The summed E-state index contributed by atoms with van der Waals surface area (Å²) >= 11 is 0. The van der Waals surface area contributed by atoms with Gasteiger partial charge in [-0.3, -0.25) is 19.7 Å². The molecule has 0 aliphatic rings. The van der Waals surface area contributed by atoms with Gasteiger partial charge in [-0.25, -0.2) is 4.79 Å². The molecule has 3 aromatic carbocycles. The molecule has 9 nitrogen and oxygen atoms in total. The maximum Gasteiger partial charge on any atom is 0.330 e. The largest absolute Gasteiger partial charge is 0.446 e. The molecule has 3 rings (SSSR count). The number of benzene rings is 3. The normalized spacial score (nSPS) is 12.3. The minimum absolute atomic E-state index is 0.0228. The Morgan fingerprint density at radius 3 is 2.11 bits per heavy atom. The highest BCUT2D eigenvalue weighted by molar-refractivity contribution is 5.99. The van der Waals surface area contributed by atoms with E-state index in [0.717, 1.165) is 0 Å². The van der Waals surface area contributed by atoms with Crippen LogP contribution < -0.4 is 10.6 Å². The molecular weight excluding hydrogens is 462 g/mol. The van der Waals surface area contributed by atoms with Crippen LogP contribution in [0.25, 0.3) is 0 Å². The number of nitro benzene ring substituents is 1. The Balaban J connectivity index is 1.86. The number of hydrogen-bond donors (Lipinski definition) is 2. The lowest BCUT2D eigenvalue weighted by molar-refractivity contribution is -0.384. The second-order valence-electron chi connectivity index (χ2n) is 8.56. The van der Waals surface area contributed by atoms with Crippen LogP contribution in [0, 0.1) is 23.0 Å². The zero-order chi connectivity index (χ0) is 26.2. The molecule has 2 N–H and O–H groups in total. The molecule has 2 amide bonds. The number of nitrogens with zero attached hydrogens (tertiary/aromatic N) is 1. The molecule has 2 atom stereocenters. The quantitative estimate of drug-likeness (QED) is 0.257. The summed E-state index contributed by atoms with van der Waals surface area (Å²) in [5.41, 5.74) is 1.09. The third-order valence-electron chi connectivity index (χ3n) is 5.43. The fourth-order valence-corrected chi connectivity index (χ4v) is 3.50. The topological polar surface area (TPSA) is 128 Å². The highest BCUT2D eigenvalue weighted by atomic mass is 16.6. The number of amides is 2. The van der Waals surface area contributed by atoms with Crippen LogP contribution in [0.1, 0.15) is 41.4 Å². The van der Waals surface area contributed by atoms with Gasteiger partial charge in [-0.05, 0) is 36.6 Å². The number of ether oxygens (including phenoxy) is 1. The van der Waals surface area contributed by atoms with Crippen LogP contribution in [0.4, 0.5) is 11.4 Å². The van der Waals surface area contributed by atoms with Gasteiger partial charge < -0.3 is 15.4 Å².